The van der Waals surface area contributed by atoms with Gasteiger partial charge in [0.25, 0.3) is 0 Å². The molecule has 1 saturated heterocycles. The Morgan fingerprint density at radius 3 is 2.39 bits per heavy atom. The highest BCUT2D eigenvalue weighted by Crippen LogP contribution is 2.55. The van der Waals surface area contributed by atoms with Crippen molar-refractivity contribution in [3.8, 4) is 5.75 Å². The zero-order chi connectivity index (χ0) is 20.3. The molecule has 1 spiro atoms. The molecular weight excluding hydrogens is 370 g/mol. The molecule has 0 N–H and O–H groups in total. The molecule has 1 aliphatic heterocycles. The van der Waals surface area contributed by atoms with Crippen LogP contribution in [0.25, 0.3) is 5.57 Å². The first-order valence-corrected chi connectivity index (χ1v) is 11.1. The summed E-state index contributed by atoms with van der Waals surface area (Å²) in [6, 6.07) is 13.3. The molecule has 0 amide bonds. The summed E-state index contributed by atoms with van der Waals surface area (Å²) in [7, 11) is -1.86. The molecule has 0 saturated carbocycles. The lowest BCUT2D eigenvalue weighted by atomic mass is 9.71. The summed E-state index contributed by atoms with van der Waals surface area (Å²) < 4.78 is 33.8. The largest absolute Gasteiger partial charge is 0.497 e. The van der Waals surface area contributed by atoms with Crippen molar-refractivity contribution in [1.82, 2.24) is 4.31 Å². The summed E-state index contributed by atoms with van der Waals surface area (Å²) in [6.45, 7) is 9.39. The molecule has 0 aromatic heterocycles. The Kier molecular flexibility index (Phi) is 4.43. The maximum atomic E-state index is 13.3. The third-order valence-electron chi connectivity index (χ3n) is 6.75. The van der Waals surface area contributed by atoms with E-state index in [0.29, 0.717) is 18.0 Å². The van der Waals surface area contributed by atoms with Crippen LogP contribution in [0, 0.1) is 12.8 Å². The zero-order valence-electron chi connectivity index (χ0n) is 17.1. The molecule has 2 aliphatic rings. The molecule has 5 heteroatoms. The number of fused-ring (bicyclic) bond motifs is 2. The Morgan fingerprint density at radius 2 is 1.75 bits per heavy atom. The maximum absolute atomic E-state index is 13.3. The van der Waals surface area contributed by atoms with Crippen molar-refractivity contribution in [3.63, 3.8) is 0 Å². The van der Waals surface area contributed by atoms with E-state index in [2.05, 4.69) is 32.9 Å². The molecule has 1 heterocycles. The maximum Gasteiger partial charge on any atom is 0.243 e. The van der Waals surface area contributed by atoms with Gasteiger partial charge in [0.2, 0.25) is 10.0 Å². The van der Waals surface area contributed by atoms with E-state index in [-0.39, 0.29) is 11.3 Å². The highest BCUT2D eigenvalue weighted by molar-refractivity contribution is 7.89. The molecule has 148 valence electrons. The first kappa shape index (κ1) is 19.2. The van der Waals surface area contributed by atoms with Crippen LogP contribution in [0.1, 0.15) is 37.5 Å². The van der Waals surface area contributed by atoms with Crippen molar-refractivity contribution >= 4 is 15.6 Å². The number of sulfonamides is 1. The summed E-state index contributed by atoms with van der Waals surface area (Å²) in [6.07, 6.45) is 0. The third kappa shape index (κ3) is 2.56. The molecule has 4 rings (SSSR count). The summed E-state index contributed by atoms with van der Waals surface area (Å²) in [5.41, 5.74) is 5.67. The van der Waals surface area contributed by atoms with Gasteiger partial charge in [0.05, 0.1) is 12.0 Å². The van der Waals surface area contributed by atoms with Crippen molar-refractivity contribution in [3.05, 3.63) is 64.7 Å². The minimum atomic E-state index is -3.53. The van der Waals surface area contributed by atoms with E-state index >= 15 is 0 Å². The van der Waals surface area contributed by atoms with Crippen LogP contribution in [0.2, 0.25) is 0 Å². The van der Waals surface area contributed by atoms with E-state index in [1.807, 2.05) is 25.1 Å². The SMILES string of the molecule is COc1ccc2c(c1)[C@]1(CN(S(=O)(=O)c3ccc(C)cc3)CC1C)C(C)=C2C. The lowest BCUT2D eigenvalue weighted by Crippen LogP contribution is -2.36. The number of benzene rings is 2. The van der Waals surface area contributed by atoms with Gasteiger partial charge in [0, 0.05) is 18.5 Å². The highest BCUT2D eigenvalue weighted by Gasteiger charge is 2.54. The Balaban J connectivity index is 1.80. The fraction of sp³-hybridized carbons (Fsp3) is 0.391. The number of methoxy groups -OCH3 is 1. The number of ether oxygens (including phenoxy) is 1. The fourth-order valence-electron chi connectivity index (χ4n) is 4.93. The van der Waals surface area contributed by atoms with Gasteiger partial charge in [-0.25, -0.2) is 8.42 Å². The van der Waals surface area contributed by atoms with Gasteiger partial charge >= 0.3 is 0 Å². The molecular formula is C23H27NO3S. The first-order chi connectivity index (χ1) is 13.2. The average molecular weight is 398 g/mol. The molecule has 2 aromatic rings. The summed E-state index contributed by atoms with van der Waals surface area (Å²) in [4.78, 5) is 0.365. The van der Waals surface area contributed by atoms with E-state index in [4.69, 9.17) is 4.74 Å². The van der Waals surface area contributed by atoms with Gasteiger partial charge in [-0.1, -0.05) is 36.3 Å². The summed E-state index contributed by atoms with van der Waals surface area (Å²) in [5.74, 6) is 0.990. The van der Waals surface area contributed by atoms with Crippen molar-refractivity contribution in [2.24, 2.45) is 5.92 Å². The van der Waals surface area contributed by atoms with E-state index < -0.39 is 10.0 Å². The van der Waals surface area contributed by atoms with Crippen LogP contribution in [-0.4, -0.2) is 32.9 Å². The number of rotatable bonds is 3. The Bertz CT molecular complexity index is 1070. The second kappa shape index (κ2) is 6.46. The molecule has 1 aliphatic carbocycles. The van der Waals surface area contributed by atoms with Gasteiger partial charge in [-0.2, -0.15) is 4.31 Å². The Labute approximate surface area is 167 Å². The minimum Gasteiger partial charge on any atom is -0.497 e. The molecule has 2 aromatic carbocycles. The van der Waals surface area contributed by atoms with E-state index in [1.165, 1.54) is 22.3 Å². The quantitative estimate of drug-likeness (QED) is 0.772. The first-order valence-electron chi connectivity index (χ1n) is 9.65. The van der Waals surface area contributed by atoms with Gasteiger partial charge in [0.15, 0.2) is 0 Å². The highest BCUT2D eigenvalue weighted by atomic mass is 32.2. The standard InChI is InChI=1S/C23H27NO3S/c1-15-6-9-20(10-7-15)28(25,26)24-13-16(2)23(14-24)18(4)17(3)21-11-8-19(27-5)12-22(21)23/h6-12,16H,13-14H2,1-5H3/t16?,23-/m0/s1. The molecule has 0 bridgehead atoms. The van der Waals surface area contributed by atoms with Gasteiger partial charge < -0.3 is 4.74 Å². The topological polar surface area (TPSA) is 46.6 Å². The lowest BCUT2D eigenvalue weighted by Gasteiger charge is -2.32. The van der Waals surface area contributed by atoms with Crippen molar-refractivity contribution in [1.29, 1.82) is 0 Å². The molecule has 0 radical (unpaired) electrons. The average Bonchev–Trinajstić information content (AvgIpc) is 3.14. The number of hydrogen-bond acceptors (Lipinski definition) is 3. The number of nitrogens with zero attached hydrogens (tertiary/aromatic N) is 1. The fourth-order valence-corrected chi connectivity index (χ4v) is 6.50. The third-order valence-corrected chi connectivity index (χ3v) is 8.57. The van der Waals surface area contributed by atoms with Gasteiger partial charge in [-0.05, 0) is 67.7 Å². The predicted octanol–water partition coefficient (Wildman–Crippen LogP) is 4.39. The van der Waals surface area contributed by atoms with Crippen molar-refractivity contribution in [2.45, 2.75) is 38.0 Å². The second-order valence-electron chi connectivity index (χ2n) is 8.14. The van der Waals surface area contributed by atoms with E-state index in [0.717, 1.165) is 11.3 Å². The van der Waals surface area contributed by atoms with Gasteiger partial charge in [-0.3, -0.25) is 0 Å². The molecule has 1 unspecified atom stereocenters. The summed E-state index contributed by atoms with van der Waals surface area (Å²) >= 11 is 0. The number of allylic oxidation sites excluding steroid dienone is 1. The van der Waals surface area contributed by atoms with Crippen LogP contribution in [0.4, 0.5) is 0 Å². The van der Waals surface area contributed by atoms with Crippen LogP contribution in [0.3, 0.4) is 0 Å². The second-order valence-corrected chi connectivity index (χ2v) is 10.1. The monoisotopic (exact) mass is 397 g/mol. The minimum absolute atomic E-state index is 0.177. The van der Waals surface area contributed by atoms with Crippen molar-refractivity contribution < 1.29 is 13.2 Å². The van der Waals surface area contributed by atoms with E-state index in [9.17, 15) is 8.42 Å². The molecule has 4 nitrogen and oxygen atoms in total. The van der Waals surface area contributed by atoms with Crippen LogP contribution in [-0.2, 0) is 15.4 Å². The lowest BCUT2D eigenvalue weighted by molar-refractivity contribution is 0.405. The predicted molar refractivity (Wildman–Crippen MR) is 112 cm³/mol. The smallest absolute Gasteiger partial charge is 0.243 e. The molecule has 2 atom stereocenters. The number of aryl methyl sites for hydroxylation is 1. The van der Waals surface area contributed by atoms with Crippen LogP contribution in [0.15, 0.2) is 52.9 Å². The van der Waals surface area contributed by atoms with Gasteiger partial charge in [0.1, 0.15) is 5.75 Å². The Hall–Kier alpha value is -2.11. The van der Waals surface area contributed by atoms with E-state index in [1.54, 1.807) is 23.5 Å². The molecule has 1 fully saturated rings. The molecule has 28 heavy (non-hydrogen) atoms. The summed E-state index contributed by atoms with van der Waals surface area (Å²) in [5, 5.41) is 0. The normalized spacial score (nSPS) is 24.8. The Morgan fingerprint density at radius 1 is 1.07 bits per heavy atom. The van der Waals surface area contributed by atoms with Crippen LogP contribution in [0.5, 0.6) is 5.75 Å². The number of hydrogen-bond donors (Lipinski definition) is 0. The zero-order valence-corrected chi connectivity index (χ0v) is 17.9. The van der Waals surface area contributed by atoms with Gasteiger partial charge in [-0.15, -0.1) is 0 Å². The van der Waals surface area contributed by atoms with Crippen LogP contribution < -0.4 is 4.74 Å². The van der Waals surface area contributed by atoms with Crippen LogP contribution >= 0.6 is 0 Å². The van der Waals surface area contributed by atoms with Crippen molar-refractivity contribution in [2.75, 3.05) is 20.2 Å².